The molecule has 8 heteroatoms. The van der Waals surface area contributed by atoms with Crippen LogP contribution in [0, 0.1) is 0 Å². The lowest BCUT2D eigenvalue weighted by atomic mass is 10.2. The Balaban J connectivity index is -0.000000316. The maximum absolute atomic E-state index is 9.90. The quantitative estimate of drug-likeness (QED) is 0.351. The second kappa shape index (κ2) is 22.9. The van der Waals surface area contributed by atoms with Crippen molar-refractivity contribution in [3.8, 4) is 0 Å². The van der Waals surface area contributed by atoms with Crippen molar-refractivity contribution < 1.29 is 39.6 Å². The van der Waals surface area contributed by atoms with E-state index in [4.69, 9.17) is 20.4 Å². The zero-order valence-electron chi connectivity index (χ0n) is 15.9. The summed E-state index contributed by atoms with van der Waals surface area (Å²) in [7, 11) is 0. The third-order valence-electron chi connectivity index (χ3n) is 3.02. The minimum atomic E-state index is -0.870. The summed E-state index contributed by atoms with van der Waals surface area (Å²) >= 11 is 0. The average Bonchev–Trinajstić information content (AvgIpc) is 2.54. The molecule has 0 aromatic heterocycles. The first kappa shape index (κ1) is 28.7. The fourth-order valence-electron chi connectivity index (χ4n) is 1.60. The van der Waals surface area contributed by atoms with Crippen LogP contribution in [0.2, 0.25) is 0 Å². The van der Waals surface area contributed by atoms with Gasteiger partial charge < -0.3 is 20.4 Å². The van der Waals surface area contributed by atoms with Crippen LogP contribution in [0.1, 0.15) is 90.9 Å². The van der Waals surface area contributed by atoms with E-state index in [0.29, 0.717) is 25.7 Å². The molecule has 0 fully saturated rings. The number of carbonyl (C=O) groups is 4. The molecule has 0 amide bonds. The van der Waals surface area contributed by atoms with Crippen LogP contribution in [-0.2, 0) is 19.2 Å². The second-order valence-electron chi connectivity index (χ2n) is 5.70. The van der Waals surface area contributed by atoms with Crippen LogP contribution in [0.5, 0.6) is 0 Å². The van der Waals surface area contributed by atoms with Crippen molar-refractivity contribution in [1.82, 2.24) is 0 Å². The van der Waals surface area contributed by atoms with Gasteiger partial charge >= 0.3 is 23.9 Å². The van der Waals surface area contributed by atoms with Gasteiger partial charge in [-0.25, -0.2) is 0 Å². The van der Waals surface area contributed by atoms with Gasteiger partial charge in [-0.2, -0.15) is 0 Å². The molecule has 0 spiro atoms. The van der Waals surface area contributed by atoms with E-state index in [-0.39, 0.29) is 25.7 Å². The molecule has 0 aromatic rings. The smallest absolute Gasteiger partial charge is 0.303 e. The Hall–Kier alpha value is -2.12. The van der Waals surface area contributed by atoms with Crippen molar-refractivity contribution >= 4 is 23.9 Å². The summed E-state index contributed by atoms with van der Waals surface area (Å²) in [5, 5.41) is 32.5. The maximum Gasteiger partial charge on any atom is 0.303 e. The molecule has 154 valence electrons. The van der Waals surface area contributed by atoms with E-state index in [2.05, 4.69) is 13.8 Å². The molecule has 4 N–H and O–H groups in total. The SMILES string of the molecule is CCCCCC.O=C(O)CCCCC(=O)O.O=C(O)CCCCC(=O)O. The van der Waals surface area contributed by atoms with Gasteiger partial charge in [-0.1, -0.05) is 39.5 Å². The van der Waals surface area contributed by atoms with Crippen LogP contribution in [-0.4, -0.2) is 44.3 Å². The monoisotopic (exact) mass is 378 g/mol. The molecular weight excluding hydrogens is 344 g/mol. The Morgan fingerprint density at radius 2 is 0.654 bits per heavy atom. The topological polar surface area (TPSA) is 149 Å². The minimum absolute atomic E-state index is 0.0628. The van der Waals surface area contributed by atoms with E-state index in [1.807, 2.05) is 0 Å². The van der Waals surface area contributed by atoms with E-state index < -0.39 is 23.9 Å². The lowest BCUT2D eigenvalue weighted by Gasteiger charge is -1.92. The van der Waals surface area contributed by atoms with Gasteiger partial charge in [0.15, 0.2) is 0 Å². The molecule has 0 atom stereocenters. The van der Waals surface area contributed by atoms with Gasteiger partial charge in [-0.15, -0.1) is 0 Å². The zero-order valence-corrected chi connectivity index (χ0v) is 15.9. The molecule has 0 bridgehead atoms. The molecule has 0 rings (SSSR count). The number of unbranched alkanes of at least 4 members (excludes halogenated alkanes) is 5. The second-order valence-corrected chi connectivity index (χ2v) is 5.70. The molecule has 0 aromatic carbocycles. The van der Waals surface area contributed by atoms with Crippen molar-refractivity contribution in [3.63, 3.8) is 0 Å². The summed E-state index contributed by atoms with van der Waals surface area (Å²) in [4.78, 5) is 39.6. The van der Waals surface area contributed by atoms with E-state index in [1.54, 1.807) is 0 Å². The van der Waals surface area contributed by atoms with Gasteiger partial charge in [0.2, 0.25) is 0 Å². The Morgan fingerprint density at radius 3 is 0.769 bits per heavy atom. The van der Waals surface area contributed by atoms with E-state index in [9.17, 15) is 19.2 Å². The first-order valence-electron chi connectivity index (χ1n) is 9.04. The Bertz CT molecular complexity index is 311. The molecule has 0 radical (unpaired) electrons. The van der Waals surface area contributed by atoms with Crippen molar-refractivity contribution in [1.29, 1.82) is 0 Å². The van der Waals surface area contributed by atoms with Crippen LogP contribution >= 0.6 is 0 Å². The molecule has 8 nitrogen and oxygen atoms in total. The molecule has 0 aliphatic heterocycles. The van der Waals surface area contributed by atoms with Gasteiger partial charge in [0.05, 0.1) is 0 Å². The largest absolute Gasteiger partial charge is 0.481 e. The van der Waals surface area contributed by atoms with Crippen molar-refractivity contribution in [3.05, 3.63) is 0 Å². The highest BCUT2D eigenvalue weighted by Gasteiger charge is 1.99. The summed E-state index contributed by atoms with van der Waals surface area (Å²) in [5.41, 5.74) is 0. The number of hydrogen-bond acceptors (Lipinski definition) is 4. The summed E-state index contributed by atoms with van der Waals surface area (Å²) in [5.74, 6) is -3.48. The van der Waals surface area contributed by atoms with Crippen molar-refractivity contribution in [2.24, 2.45) is 0 Å². The number of aliphatic carboxylic acids is 4. The summed E-state index contributed by atoms with van der Waals surface area (Å²) in [6.45, 7) is 4.46. The number of hydrogen-bond donors (Lipinski definition) is 4. The highest BCUT2D eigenvalue weighted by molar-refractivity contribution is 5.68. The zero-order chi connectivity index (χ0) is 20.8. The fourth-order valence-corrected chi connectivity index (χ4v) is 1.60. The maximum atomic E-state index is 9.90. The first-order valence-corrected chi connectivity index (χ1v) is 9.04. The van der Waals surface area contributed by atoms with E-state index in [1.165, 1.54) is 25.7 Å². The normalized spacial score (nSPS) is 9.15. The lowest BCUT2D eigenvalue weighted by molar-refractivity contribution is -0.139. The minimum Gasteiger partial charge on any atom is -0.481 e. The lowest BCUT2D eigenvalue weighted by Crippen LogP contribution is -1.97. The average molecular weight is 378 g/mol. The molecule has 26 heavy (non-hydrogen) atoms. The van der Waals surface area contributed by atoms with Crippen molar-refractivity contribution in [2.75, 3.05) is 0 Å². The fraction of sp³-hybridized carbons (Fsp3) is 0.778. The number of rotatable bonds is 13. The third kappa shape index (κ3) is 43.1. The molecule has 0 aliphatic carbocycles. The first-order chi connectivity index (χ1) is 12.2. The highest BCUT2D eigenvalue weighted by atomic mass is 16.4. The highest BCUT2D eigenvalue weighted by Crippen LogP contribution is 1.99. The molecule has 0 unspecified atom stereocenters. The number of carboxylic acids is 4. The van der Waals surface area contributed by atoms with Crippen LogP contribution in [0.25, 0.3) is 0 Å². The molecule has 0 heterocycles. The standard InChI is InChI=1S/2C6H10O4.C6H14/c2*7-5(8)3-1-2-4-6(9)10;1-3-5-6-4-2/h2*1-4H2,(H,7,8)(H,9,10);3-6H2,1-2H3. The number of carboxylic acid groups (broad SMARTS) is 4. The molecule has 0 aliphatic rings. The van der Waals surface area contributed by atoms with Crippen molar-refractivity contribution in [2.45, 2.75) is 90.9 Å². The van der Waals surface area contributed by atoms with Gasteiger partial charge in [0, 0.05) is 25.7 Å². The third-order valence-corrected chi connectivity index (χ3v) is 3.02. The molecule has 0 saturated carbocycles. The summed E-state index contributed by atoms with van der Waals surface area (Å²) in [6, 6.07) is 0. The summed E-state index contributed by atoms with van der Waals surface area (Å²) in [6.07, 6.45) is 7.57. The molecular formula is C18H34O8. The van der Waals surface area contributed by atoms with Gasteiger partial charge in [-0.05, 0) is 25.7 Å². The summed E-state index contributed by atoms with van der Waals surface area (Å²) < 4.78 is 0. The van der Waals surface area contributed by atoms with Crippen LogP contribution in [0.4, 0.5) is 0 Å². The van der Waals surface area contributed by atoms with Crippen LogP contribution < -0.4 is 0 Å². The predicted molar refractivity (Wildman–Crippen MR) is 97.3 cm³/mol. The van der Waals surface area contributed by atoms with Crippen LogP contribution in [0.3, 0.4) is 0 Å². The van der Waals surface area contributed by atoms with Crippen LogP contribution in [0.15, 0.2) is 0 Å². The Kier molecular flexibility index (Phi) is 25.2. The van der Waals surface area contributed by atoms with E-state index >= 15 is 0 Å². The van der Waals surface area contributed by atoms with Gasteiger partial charge in [0.25, 0.3) is 0 Å². The van der Waals surface area contributed by atoms with E-state index in [0.717, 1.165) is 0 Å². The molecule has 0 saturated heterocycles. The predicted octanol–water partition coefficient (Wildman–Crippen LogP) is 4.02. The Morgan fingerprint density at radius 1 is 0.462 bits per heavy atom. The Labute approximate surface area is 155 Å². The van der Waals surface area contributed by atoms with Gasteiger partial charge in [-0.3, -0.25) is 19.2 Å². The van der Waals surface area contributed by atoms with Gasteiger partial charge in [0.1, 0.15) is 0 Å².